The van der Waals surface area contributed by atoms with Crippen LogP contribution in [0.4, 0.5) is 5.69 Å². The molecule has 4 fully saturated rings. The SMILES string of the molecule is O=C1CCC(N2Cc3cc(C4(O)CCN(Cc5ccc(N6CCC(Oc7ccc(C8CC8)cn7)CC6)cn5)CC4)ccc3C2=O)C(=O)N1. The van der Waals surface area contributed by atoms with Gasteiger partial charge in [-0.1, -0.05) is 18.2 Å². The summed E-state index contributed by atoms with van der Waals surface area (Å²) in [5.41, 5.74) is 4.65. The summed E-state index contributed by atoms with van der Waals surface area (Å²) >= 11 is 0. The van der Waals surface area contributed by atoms with E-state index in [1.807, 2.05) is 30.6 Å². The van der Waals surface area contributed by atoms with E-state index in [-0.39, 0.29) is 24.3 Å². The maximum atomic E-state index is 13.1. The van der Waals surface area contributed by atoms with Crippen LogP contribution in [0.5, 0.6) is 5.88 Å². The molecule has 8 rings (SSSR count). The Morgan fingerprint density at radius 3 is 2.40 bits per heavy atom. The van der Waals surface area contributed by atoms with E-state index in [9.17, 15) is 19.5 Å². The van der Waals surface area contributed by atoms with Gasteiger partial charge in [0.25, 0.3) is 5.91 Å². The summed E-state index contributed by atoms with van der Waals surface area (Å²) in [4.78, 5) is 52.6. The van der Waals surface area contributed by atoms with Crippen molar-refractivity contribution in [3.05, 3.63) is 82.8 Å². The fourth-order valence-electron chi connectivity index (χ4n) is 7.68. The van der Waals surface area contributed by atoms with Crippen LogP contribution in [0, 0.1) is 0 Å². The Labute approximate surface area is 280 Å². The fourth-order valence-corrected chi connectivity index (χ4v) is 7.68. The van der Waals surface area contributed by atoms with E-state index in [1.54, 1.807) is 11.0 Å². The van der Waals surface area contributed by atoms with Gasteiger partial charge < -0.3 is 19.6 Å². The zero-order valence-corrected chi connectivity index (χ0v) is 27.1. The molecule has 2 aromatic heterocycles. The largest absolute Gasteiger partial charge is 0.474 e. The first kappa shape index (κ1) is 31.0. The van der Waals surface area contributed by atoms with Crippen molar-refractivity contribution >= 4 is 23.4 Å². The third-order valence-electron chi connectivity index (χ3n) is 10.8. The van der Waals surface area contributed by atoms with Crippen molar-refractivity contribution in [2.45, 2.75) is 88.1 Å². The lowest BCUT2D eigenvalue weighted by atomic mass is 9.83. The maximum absolute atomic E-state index is 13.1. The average Bonchev–Trinajstić information content (AvgIpc) is 3.90. The molecule has 1 aliphatic carbocycles. The van der Waals surface area contributed by atoms with E-state index >= 15 is 0 Å². The van der Waals surface area contributed by atoms with Gasteiger partial charge in [-0.25, -0.2) is 4.98 Å². The van der Waals surface area contributed by atoms with Crippen LogP contribution in [-0.2, 0) is 28.3 Å². The normalized spacial score (nSPS) is 23.3. The third kappa shape index (κ3) is 6.28. The molecule has 4 aliphatic heterocycles. The number of fused-ring (bicyclic) bond motifs is 1. The molecule has 0 spiro atoms. The summed E-state index contributed by atoms with van der Waals surface area (Å²) in [5.74, 6) is 0.506. The number of ether oxygens (including phenoxy) is 1. The number of carbonyl (C=O) groups excluding carboxylic acids is 3. The topological polar surface area (TPSA) is 128 Å². The lowest BCUT2D eigenvalue weighted by Crippen LogP contribution is -2.52. The number of hydrogen-bond donors (Lipinski definition) is 2. The van der Waals surface area contributed by atoms with Gasteiger partial charge in [0.15, 0.2) is 0 Å². The van der Waals surface area contributed by atoms with Gasteiger partial charge in [0.1, 0.15) is 12.1 Å². The fraction of sp³-hybridized carbons (Fsp3) is 0.486. The smallest absolute Gasteiger partial charge is 0.255 e. The standard InChI is InChI=1S/C37H42N6O5/c44-33-9-8-32(35(45)40-33)43-22-26-19-27(4-7-31(26)36(43)46)37(47)13-17-41(18-14-37)23-28-5-6-29(21-38-28)42-15-11-30(12-16-42)48-34-10-3-25(20-39-34)24-1-2-24/h3-7,10,19-21,24,30,32,47H,1-2,8-9,11-18,22-23H2,(H,40,44,45). The Hall–Kier alpha value is -4.35. The predicted molar refractivity (Wildman–Crippen MR) is 177 cm³/mol. The van der Waals surface area contributed by atoms with E-state index in [4.69, 9.17) is 9.72 Å². The van der Waals surface area contributed by atoms with Crippen molar-refractivity contribution in [2.75, 3.05) is 31.1 Å². The van der Waals surface area contributed by atoms with E-state index < -0.39 is 17.6 Å². The minimum absolute atomic E-state index is 0.178. The van der Waals surface area contributed by atoms with E-state index in [1.165, 1.54) is 18.4 Å². The predicted octanol–water partition coefficient (Wildman–Crippen LogP) is 3.65. The van der Waals surface area contributed by atoms with Gasteiger partial charge in [0.05, 0.1) is 23.2 Å². The average molecular weight is 651 g/mol. The molecule has 6 heterocycles. The summed E-state index contributed by atoms with van der Waals surface area (Å²) in [5, 5.41) is 14.0. The van der Waals surface area contributed by atoms with Crippen LogP contribution in [0.25, 0.3) is 0 Å². The van der Waals surface area contributed by atoms with Crippen LogP contribution in [0.15, 0.2) is 54.9 Å². The highest BCUT2D eigenvalue weighted by Crippen LogP contribution is 2.40. The Kier molecular flexibility index (Phi) is 8.12. The highest BCUT2D eigenvalue weighted by Gasteiger charge is 2.41. The molecule has 48 heavy (non-hydrogen) atoms. The van der Waals surface area contributed by atoms with Gasteiger partial charge in [0, 0.05) is 76.4 Å². The number of imide groups is 1. The Morgan fingerprint density at radius 1 is 0.896 bits per heavy atom. The summed E-state index contributed by atoms with van der Waals surface area (Å²) in [6.07, 6.45) is 10.3. The van der Waals surface area contributed by atoms with Crippen molar-refractivity contribution in [2.24, 2.45) is 0 Å². The van der Waals surface area contributed by atoms with Gasteiger partial charge in [-0.15, -0.1) is 0 Å². The van der Waals surface area contributed by atoms with E-state index in [0.717, 1.165) is 74.0 Å². The second-order valence-electron chi connectivity index (χ2n) is 14.1. The van der Waals surface area contributed by atoms with Gasteiger partial charge in [0.2, 0.25) is 17.7 Å². The molecule has 1 unspecified atom stereocenters. The second kappa shape index (κ2) is 12.6. The first-order valence-corrected chi connectivity index (χ1v) is 17.4. The number of nitrogens with one attached hydrogen (secondary N) is 1. The second-order valence-corrected chi connectivity index (χ2v) is 14.1. The molecule has 1 atom stereocenters. The van der Waals surface area contributed by atoms with Crippen molar-refractivity contribution in [1.29, 1.82) is 0 Å². The molecule has 3 aromatic rings. The summed E-state index contributed by atoms with van der Waals surface area (Å²) in [7, 11) is 0. The summed E-state index contributed by atoms with van der Waals surface area (Å²) in [6.45, 7) is 4.31. The number of anilines is 1. The van der Waals surface area contributed by atoms with Crippen molar-refractivity contribution in [1.82, 2.24) is 25.1 Å². The number of amides is 3. The number of rotatable bonds is 8. The van der Waals surface area contributed by atoms with E-state index in [2.05, 4.69) is 38.3 Å². The van der Waals surface area contributed by atoms with Gasteiger partial charge in [-0.3, -0.25) is 29.6 Å². The van der Waals surface area contributed by atoms with Crippen LogP contribution in [0.2, 0.25) is 0 Å². The molecular formula is C37H42N6O5. The number of benzene rings is 1. The Bertz CT molecular complexity index is 1690. The number of likely N-dealkylation sites (tertiary alicyclic amines) is 1. The number of carbonyl (C=O) groups is 3. The van der Waals surface area contributed by atoms with Crippen LogP contribution < -0.4 is 15.0 Å². The molecule has 3 saturated heterocycles. The lowest BCUT2D eigenvalue weighted by molar-refractivity contribution is -0.136. The van der Waals surface area contributed by atoms with Gasteiger partial charge in [-0.2, -0.15) is 0 Å². The first-order valence-electron chi connectivity index (χ1n) is 17.4. The molecule has 3 amide bonds. The van der Waals surface area contributed by atoms with Crippen molar-refractivity contribution < 1.29 is 24.2 Å². The number of aliphatic hydroxyl groups is 1. The molecule has 0 bridgehead atoms. The summed E-state index contributed by atoms with van der Waals surface area (Å²) < 4.78 is 6.18. The minimum Gasteiger partial charge on any atom is -0.474 e. The number of piperidine rings is 3. The zero-order valence-electron chi connectivity index (χ0n) is 27.1. The Morgan fingerprint density at radius 2 is 1.71 bits per heavy atom. The highest BCUT2D eigenvalue weighted by molar-refractivity contribution is 6.05. The summed E-state index contributed by atoms with van der Waals surface area (Å²) in [6, 6.07) is 13.3. The minimum atomic E-state index is -0.986. The third-order valence-corrected chi connectivity index (χ3v) is 10.8. The monoisotopic (exact) mass is 650 g/mol. The maximum Gasteiger partial charge on any atom is 0.255 e. The number of hydrogen-bond acceptors (Lipinski definition) is 9. The molecule has 250 valence electrons. The lowest BCUT2D eigenvalue weighted by Gasteiger charge is -2.38. The molecule has 11 heteroatoms. The highest BCUT2D eigenvalue weighted by atomic mass is 16.5. The molecule has 1 aromatic carbocycles. The first-order chi connectivity index (χ1) is 23.3. The zero-order chi connectivity index (χ0) is 32.8. The molecule has 1 saturated carbocycles. The van der Waals surface area contributed by atoms with Crippen LogP contribution in [-0.4, -0.2) is 80.9 Å². The molecular weight excluding hydrogens is 608 g/mol. The van der Waals surface area contributed by atoms with Gasteiger partial charge in [-0.05, 0) is 72.9 Å². The number of nitrogens with zero attached hydrogens (tertiary/aromatic N) is 5. The van der Waals surface area contributed by atoms with Crippen molar-refractivity contribution in [3.8, 4) is 5.88 Å². The molecule has 5 aliphatic rings. The van der Waals surface area contributed by atoms with E-state index in [0.29, 0.717) is 37.3 Å². The molecule has 11 nitrogen and oxygen atoms in total. The van der Waals surface area contributed by atoms with Crippen LogP contribution >= 0.6 is 0 Å². The number of pyridine rings is 2. The molecule has 0 radical (unpaired) electrons. The van der Waals surface area contributed by atoms with Gasteiger partial charge >= 0.3 is 0 Å². The number of aromatic nitrogens is 2. The van der Waals surface area contributed by atoms with Crippen molar-refractivity contribution in [3.63, 3.8) is 0 Å². The van der Waals surface area contributed by atoms with Crippen LogP contribution in [0.3, 0.4) is 0 Å². The molecule has 2 N–H and O–H groups in total. The quantitative estimate of drug-likeness (QED) is 0.351. The Balaban J connectivity index is 0.815. The van der Waals surface area contributed by atoms with Crippen LogP contribution in [0.1, 0.15) is 90.0 Å².